The number of benzene rings is 2. The summed E-state index contributed by atoms with van der Waals surface area (Å²) in [5, 5.41) is 11.2. The first-order valence-electron chi connectivity index (χ1n) is 6.73. The van der Waals surface area contributed by atoms with Crippen LogP contribution in [0.3, 0.4) is 0 Å². The van der Waals surface area contributed by atoms with Gasteiger partial charge >= 0.3 is 5.97 Å². The topological polar surface area (TPSA) is 79.2 Å². The summed E-state index contributed by atoms with van der Waals surface area (Å²) in [6, 6.07) is 12.3. The molecular formula is C17H13FN2O3. The summed E-state index contributed by atoms with van der Waals surface area (Å²) >= 11 is 0. The Morgan fingerprint density at radius 2 is 2.00 bits per heavy atom. The second-order valence-corrected chi connectivity index (χ2v) is 4.75. The van der Waals surface area contributed by atoms with Crippen LogP contribution in [0.25, 0.3) is 0 Å². The number of esters is 1. The lowest BCUT2D eigenvalue weighted by Crippen LogP contribution is -2.21. The summed E-state index contributed by atoms with van der Waals surface area (Å²) in [6.45, 7) is 1.29. The number of carbonyl (C=O) groups is 2. The normalized spacial score (nSPS) is 9.78. The third-order valence-corrected chi connectivity index (χ3v) is 3.07. The van der Waals surface area contributed by atoms with Gasteiger partial charge in [-0.3, -0.25) is 4.79 Å². The summed E-state index contributed by atoms with van der Waals surface area (Å²) < 4.78 is 18.4. The van der Waals surface area contributed by atoms with Crippen molar-refractivity contribution in [3.05, 3.63) is 65.0 Å². The van der Waals surface area contributed by atoms with Crippen LogP contribution < -0.4 is 5.32 Å². The van der Waals surface area contributed by atoms with E-state index in [1.54, 1.807) is 18.2 Å². The van der Waals surface area contributed by atoms with Gasteiger partial charge in [0.15, 0.2) is 6.61 Å². The molecule has 0 bridgehead atoms. The minimum absolute atomic E-state index is 0.0938. The fraction of sp³-hybridized carbons (Fsp3) is 0.118. The standard InChI is InChI=1S/C17H13FN2O3/c1-11-4-2-3-5-15(11)20-16(21)10-23-17(22)13-7-6-12(9-19)8-14(13)18/h2-8H,10H2,1H3,(H,20,21). The Morgan fingerprint density at radius 3 is 2.65 bits per heavy atom. The Labute approximate surface area is 132 Å². The SMILES string of the molecule is Cc1ccccc1NC(=O)COC(=O)c1ccc(C#N)cc1F. The molecule has 1 amide bonds. The van der Waals surface area contributed by atoms with Crippen molar-refractivity contribution in [3.8, 4) is 6.07 Å². The zero-order chi connectivity index (χ0) is 16.8. The van der Waals surface area contributed by atoms with E-state index in [2.05, 4.69) is 5.32 Å². The first-order valence-corrected chi connectivity index (χ1v) is 6.73. The third-order valence-electron chi connectivity index (χ3n) is 3.07. The number of hydrogen-bond acceptors (Lipinski definition) is 4. The number of ether oxygens (including phenoxy) is 1. The number of para-hydroxylation sites is 1. The van der Waals surface area contributed by atoms with Crippen molar-refractivity contribution < 1.29 is 18.7 Å². The molecule has 0 aliphatic heterocycles. The van der Waals surface area contributed by atoms with Crippen LogP contribution in [0, 0.1) is 24.1 Å². The number of halogens is 1. The van der Waals surface area contributed by atoms with E-state index in [1.165, 1.54) is 6.07 Å². The van der Waals surface area contributed by atoms with Crippen LogP contribution in [0.1, 0.15) is 21.5 Å². The van der Waals surface area contributed by atoms with Crippen molar-refractivity contribution >= 4 is 17.6 Å². The van der Waals surface area contributed by atoms with Gasteiger partial charge in [0.1, 0.15) is 5.82 Å². The molecule has 0 saturated heterocycles. The molecule has 5 nitrogen and oxygen atoms in total. The van der Waals surface area contributed by atoms with Crippen LogP contribution in [0.15, 0.2) is 42.5 Å². The van der Waals surface area contributed by atoms with E-state index in [0.717, 1.165) is 17.7 Å². The molecule has 0 fully saturated rings. The Morgan fingerprint density at radius 1 is 1.26 bits per heavy atom. The molecule has 0 aromatic heterocycles. The summed E-state index contributed by atoms with van der Waals surface area (Å²) in [5.74, 6) is -2.36. The van der Waals surface area contributed by atoms with Crippen molar-refractivity contribution in [1.29, 1.82) is 5.26 Å². The van der Waals surface area contributed by atoms with E-state index in [1.807, 2.05) is 19.1 Å². The Bertz CT molecular complexity index is 797. The summed E-state index contributed by atoms with van der Waals surface area (Å²) in [4.78, 5) is 23.5. The molecule has 2 aromatic carbocycles. The molecule has 0 aliphatic rings. The summed E-state index contributed by atoms with van der Waals surface area (Å²) in [5.41, 5.74) is 1.24. The number of hydrogen-bond donors (Lipinski definition) is 1. The molecule has 23 heavy (non-hydrogen) atoms. The number of carbonyl (C=O) groups excluding carboxylic acids is 2. The van der Waals surface area contributed by atoms with Gasteiger partial charge in [-0.05, 0) is 36.8 Å². The first kappa shape index (κ1) is 16.2. The second kappa shape index (κ2) is 7.18. The zero-order valence-electron chi connectivity index (χ0n) is 12.3. The molecule has 0 spiro atoms. The maximum Gasteiger partial charge on any atom is 0.341 e. The van der Waals surface area contributed by atoms with Gasteiger partial charge in [-0.2, -0.15) is 5.26 Å². The summed E-state index contributed by atoms with van der Waals surface area (Å²) in [6.07, 6.45) is 0. The average Bonchev–Trinajstić information content (AvgIpc) is 2.54. The molecule has 2 aromatic rings. The van der Waals surface area contributed by atoms with Crippen LogP contribution >= 0.6 is 0 Å². The molecule has 0 heterocycles. The van der Waals surface area contributed by atoms with E-state index in [4.69, 9.17) is 10.00 Å². The van der Waals surface area contributed by atoms with Gasteiger partial charge in [0, 0.05) is 5.69 Å². The van der Waals surface area contributed by atoms with E-state index in [0.29, 0.717) is 5.69 Å². The van der Waals surface area contributed by atoms with Gasteiger partial charge < -0.3 is 10.1 Å². The van der Waals surface area contributed by atoms with Gasteiger partial charge in [-0.1, -0.05) is 18.2 Å². The minimum atomic E-state index is -0.966. The first-order chi connectivity index (χ1) is 11.0. The molecule has 6 heteroatoms. The molecule has 0 unspecified atom stereocenters. The Kier molecular flexibility index (Phi) is 5.05. The molecule has 0 saturated carbocycles. The predicted octanol–water partition coefficient (Wildman–Crippen LogP) is 2.80. The second-order valence-electron chi connectivity index (χ2n) is 4.75. The van der Waals surface area contributed by atoms with Crippen molar-refractivity contribution in [2.75, 3.05) is 11.9 Å². The van der Waals surface area contributed by atoms with Crippen molar-refractivity contribution in [1.82, 2.24) is 0 Å². The average molecular weight is 312 g/mol. The lowest BCUT2D eigenvalue weighted by molar-refractivity contribution is -0.119. The van der Waals surface area contributed by atoms with Crippen LogP contribution in [0.2, 0.25) is 0 Å². The number of rotatable bonds is 4. The van der Waals surface area contributed by atoms with E-state index >= 15 is 0 Å². The highest BCUT2D eigenvalue weighted by Crippen LogP contribution is 2.14. The Balaban J connectivity index is 1.95. The van der Waals surface area contributed by atoms with Crippen LogP contribution in [-0.4, -0.2) is 18.5 Å². The fourth-order valence-electron chi connectivity index (χ4n) is 1.86. The minimum Gasteiger partial charge on any atom is -0.452 e. The van der Waals surface area contributed by atoms with Crippen LogP contribution in [0.4, 0.5) is 10.1 Å². The quantitative estimate of drug-likeness (QED) is 0.880. The molecule has 116 valence electrons. The molecular weight excluding hydrogens is 299 g/mol. The highest BCUT2D eigenvalue weighted by Gasteiger charge is 2.15. The van der Waals surface area contributed by atoms with E-state index in [9.17, 15) is 14.0 Å². The molecule has 0 atom stereocenters. The van der Waals surface area contributed by atoms with Crippen molar-refractivity contribution in [2.45, 2.75) is 6.92 Å². The van der Waals surface area contributed by atoms with E-state index < -0.39 is 24.3 Å². The number of nitriles is 1. The largest absolute Gasteiger partial charge is 0.452 e. The van der Waals surface area contributed by atoms with Gasteiger partial charge in [0.2, 0.25) is 0 Å². The zero-order valence-corrected chi connectivity index (χ0v) is 12.3. The smallest absolute Gasteiger partial charge is 0.341 e. The van der Waals surface area contributed by atoms with Crippen LogP contribution in [0.5, 0.6) is 0 Å². The molecule has 0 aliphatic carbocycles. The number of nitrogens with one attached hydrogen (secondary N) is 1. The molecule has 2 rings (SSSR count). The number of anilines is 1. The number of nitrogens with zero attached hydrogens (tertiary/aromatic N) is 1. The van der Waals surface area contributed by atoms with Gasteiger partial charge in [-0.15, -0.1) is 0 Å². The van der Waals surface area contributed by atoms with E-state index in [-0.39, 0.29) is 11.1 Å². The monoisotopic (exact) mass is 312 g/mol. The molecule has 1 N–H and O–H groups in total. The van der Waals surface area contributed by atoms with Gasteiger partial charge in [-0.25, -0.2) is 9.18 Å². The highest BCUT2D eigenvalue weighted by molar-refractivity contribution is 5.96. The van der Waals surface area contributed by atoms with Crippen LogP contribution in [-0.2, 0) is 9.53 Å². The number of amides is 1. The lowest BCUT2D eigenvalue weighted by atomic mass is 10.1. The van der Waals surface area contributed by atoms with Crippen molar-refractivity contribution in [2.24, 2.45) is 0 Å². The van der Waals surface area contributed by atoms with Crippen molar-refractivity contribution in [3.63, 3.8) is 0 Å². The Hall–Kier alpha value is -3.20. The third kappa shape index (κ3) is 4.14. The van der Waals surface area contributed by atoms with Gasteiger partial charge in [0.25, 0.3) is 5.91 Å². The van der Waals surface area contributed by atoms with Gasteiger partial charge in [0.05, 0.1) is 17.2 Å². The lowest BCUT2D eigenvalue weighted by Gasteiger charge is -2.09. The number of aryl methyl sites for hydroxylation is 1. The maximum atomic E-state index is 13.7. The summed E-state index contributed by atoms with van der Waals surface area (Å²) in [7, 11) is 0. The highest BCUT2D eigenvalue weighted by atomic mass is 19.1. The molecule has 0 radical (unpaired) electrons. The maximum absolute atomic E-state index is 13.7. The fourth-order valence-corrected chi connectivity index (χ4v) is 1.86. The predicted molar refractivity (Wildman–Crippen MR) is 81.2 cm³/mol.